The maximum atomic E-state index is 13.7. The molecule has 0 aromatic heterocycles. The number of benzene rings is 2. The van der Waals surface area contributed by atoms with E-state index >= 15 is 0 Å². The molecule has 2 amide bonds. The molecule has 26 heavy (non-hydrogen) atoms. The van der Waals surface area contributed by atoms with Crippen LogP contribution in [0.4, 0.5) is 14.5 Å². The topological polar surface area (TPSA) is 49.4 Å². The Balaban J connectivity index is 1.60. The molecule has 0 saturated carbocycles. The first-order valence-corrected chi connectivity index (χ1v) is 8.60. The summed E-state index contributed by atoms with van der Waals surface area (Å²) < 4.78 is 26.7. The number of nitrogens with zero attached hydrogens (tertiary/aromatic N) is 1. The van der Waals surface area contributed by atoms with E-state index in [1.54, 1.807) is 4.90 Å². The molecule has 3 rings (SSSR count). The summed E-state index contributed by atoms with van der Waals surface area (Å²) >= 11 is 0. The molecule has 2 aromatic rings. The predicted octanol–water partition coefficient (Wildman–Crippen LogP) is 3.38. The van der Waals surface area contributed by atoms with Crippen LogP contribution in [-0.4, -0.2) is 29.8 Å². The average molecular weight is 358 g/mol. The number of rotatable bonds is 4. The molecule has 1 aliphatic rings. The lowest BCUT2D eigenvalue weighted by Gasteiger charge is -2.32. The first-order chi connectivity index (χ1) is 12.5. The number of amides is 2. The van der Waals surface area contributed by atoms with Gasteiger partial charge in [-0.3, -0.25) is 9.59 Å². The Morgan fingerprint density at radius 3 is 2.62 bits per heavy atom. The van der Waals surface area contributed by atoms with Gasteiger partial charge in [0.2, 0.25) is 11.8 Å². The maximum Gasteiger partial charge on any atom is 0.229 e. The van der Waals surface area contributed by atoms with Crippen molar-refractivity contribution >= 4 is 17.5 Å². The van der Waals surface area contributed by atoms with Crippen LogP contribution in [0.1, 0.15) is 18.4 Å². The number of hydrogen-bond donors (Lipinski definition) is 1. The molecule has 1 saturated heterocycles. The minimum absolute atomic E-state index is 0.0262. The molecule has 1 unspecified atom stereocenters. The van der Waals surface area contributed by atoms with E-state index in [0.717, 1.165) is 17.7 Å². The zero-order chi connectivity index (χ0) is 18.5. The third-order valence-corrected chi connectivity index (χ3v) is 4.53. The van der Waals surface area contributed by atoms with Crippen molar-refractivity contribution in [2.45, 2.75) is 19.3 Å². The van der Waals surface area contributed by atoms with Crippen LogP contribution < -0.4 is 5.32 Å². The van der Waals surface area contributed by atoms with Crippen LogP contribution in [0.2, 0.25) is 0 Å². The summed E-state index contributed by atoms with van der Waals surface area (Å²) in [6.07, 6.45) is 1.63. The van der Waals surface area contributed by atoms with Gasteiger partial charge in [0.1, 0.15) is 11.6 Å². The van der Waals surface area contributed by atoms with Gasteiger partial charge in [-0.25, -0.2) is 8.78 Å². The van der Waals surface area contributed by atoms with Crippen LogP contribution in [0.5, 0.6) is 0 Å². The Labute approximate surface area is 150 Å². The highest BCUT2D eigenvalue weighted by atomic mass is 19.1. The molecule has 4 nitrogen and oxygen atoms in total. The molecule has 1 fully saturated rings. The van der Waals surface area contributed by atoms with Gasteiger partial charge in [0.25, 0.3) is 0 Å². The van der Waals surface area contributed by atoms with E-state index < -0.39 is 17.6 Å². The quantitative estimate of drug-likeness (QED) is 0.911. The summed E-state index contributed by atoms with van der Waals surface area (Å²) in [4.78, 5) is 26.6. The normalized spacial score (nSPS) is 17.0. The molecular weight excluding hydrogens is 338 g/mol. The van der Waals surface area contributed by atoms with Crippen LogP contribution in [0, 0.1) is 17.6 Å². The van der Waals surface area contributed by atoms with Gasteiger partial charge in [-0.1, -0.05) is 30.3 Å². The summed E-state index contributed by atoms with van der Waals surface area (Å²) in [7, 11) is 0. The van der Waals surface area contributed by atoms with E-state index in [-0.39, 0.29) is 17.5 Å². The van der Waals surface area contributed by atoms with Crippen molar-refractivity contribution in [3.8, 4) is 0 Å². The van der Waals surface area contributed by atoms with Crippen LogP contribution >= 0.6 is 0 Å². The molecule has 1 heterocycles. The Bertz CT molecular complexity index is 796. The van der Waals surface area contributed by atoms with Crippen LogP contribution in [0.3, 0.4) is 0 Å². The van der Waals surface area contributed by atoms with E-state index in [9.17, 15) is 18.4 Å². The van der Waals surface area contributed by atoms with E-state index in [0.29, 0.717) is 32.4 Å². The molecule has 0 radical (unpaired) electrons. The van der Waals surface area contributed by atoms with Crippen molar-refractivity contribution in [2.24, 2.45) is 5.92 Å². The lowest BCUT2D eigenvalue weighted by Crippen LogP contribution is -2.44. The van der Waals surface area contributed by atoms with Gasteiger partial charge in [-0.2, -0.15) is 0 Å². The van der Waals surface area contributed by atoms with Crippen molar-refractivity contribution in [2.75, 3.05) is 18.4 Å². The number of carbonyl (C=O) groups excluding carboxylic acids is 2. The number of halogens is 2. The first-order valence-electron chi connectivity index (χ1n) is 8.60. The van der Waals surface area contributed by atoms with Crippen molar-refractivity contribution in [3.63, 3.8) is 0 Å². The third-order valence-electron chi connectivity index (χ3n) is 4.53. The molecule has 6 heteroatoms. The highest BCUT2D eigenvalue weighted by Gasteiger charge is 2.28. The van der Waals surface area contributed by atoms with E-state index in [2.05, 4.69) is 5.32 Å². The van der Waals surface area contributed by atoms with Crippen molar-refractivity contribution in [1.82, 2.24) is 4.90 Å². The Hall–Kier alpha value is -2.76. The molecular formula is C20H20F2N2O2. The maximum absolute atomic E-state index is 13.7. The van der Waals surface area contributed by atoms with Crippen molar-refractivity contribution in [3.05, 3.63) is 65.7 Å². The van der Waals surface area contributed by atoms with Gasteiger partial charge in [-0.15, -0.1) is 0 Å². The highest BCUT2D eigenvalue weighted by Crippen LogP contribution is 2.21. The van der Waals surface area contributed by atoms with Crippen LogP contribution in [0.25, 0.3) is 0 Å². The molecule has 0 spiro atoms. The van der Waals surface area contributed by atoms with Gasteiger partial charge in [0, 0.05) is 19.2 Å². The zero-order valence-corrected chi connectivity index (χ0v) is 14.3. The van der Waals surface area contributed by atoms with Crippen molar-refractivity contribution < 1.29 is 18.4 Å². The van der Waals surface area contributed by atoms with Crippen LogP contribution in [-0.2, 0) is 16.0 Å². The number of carbonyl (C=O) groups is 2. The fourth-order valence-electron chi connectivity index (χ4n) is 3.13. The Kier molecular flexibility index (Phi) is 5.61. The number of likely N-dealkylation sites (tertiary alicyclic amines) is 1. The fourth-order valence-corrected chi connectivity index (χ4v) is 3.13. The number of nitrogens with one attached hydrogen (secondary N) is 1. The average Bonchev–Trinajstić information content (AvgIpc) is 2.65. The minimum Gasteiger partial charge on any atom is -0.342 e. The summed E-state index contributed by atoms with van der Waals surface area (Å²) in [5, 5.41) is 2.50. The Morgan fingerprint density at radius 1 is 1.12 bits per heavy atom. The minimum atomic E-state index is -0.814. The number of hydrogen-bond acceptors (Lipinski definition) is 2. The molecule has 1 atom stereocenters. The molecule has 0 aliphatic carbocycles. The SMILES string of the molecule is O=C(Nc1ccc(F)cc1F)C1CCCN(C(=O)Cc2ccccc2)C1. The second kappa shape index (κ2) is 8.08. The second-order valence-corrected chi connectivity index (χ2v) is 6.45. The summed E-state index contributed by atoms with van der Waals surface area (Å²) in [5.74, 6) is -2.30. The Morgan fingerprint density at radius 2 is 1.88 bits per heavy atom. The highest BCUT2D eigenvalue weighted by molar-refractivity contribution is 5.93. The molecule has 1 aliphatic heterocycles. The van der Waals surface area contributed by atoms with Crippen molar-refractivity contribution in [1.29, 1.82) is 0 Å². The van der Waals surface area contributed by atoms with Gasteiger partial charge < -0.3 is 10.2 Å². The van der Waals surface area contributed by atoms with Gasteiger partial charge in [0.15, 0.2) is 0 Å². The lowest BCUT2D eigenvalue weighted by atomic mass is 9.96. The van der Waals surface area contributed by atoms with Gasteiger partial charge >= 0.3 is 0 Å². The largest absolute Gasteiger partial charge is 0.342 e. The number of piperidine rings is 1. The monoisotopic (exact) mass is 358 g/mol. The summed E-state index contributed by atoms with van der Waals surface area (Å²) in [6, 6.07) is 12.5. The molecule has 2 aromatic carbocycles. The summed E-state index contributed by atoms with van der Waals surface area (Å²) in [6.45, 7) is 0.917. The van der Waals surface area contributed by atoms with E-state index in [1.807, 2.05) is 30.3 Å². The lowest BCUT2D eigenvalue weighted by molar-refractivity contribution is -0.133. The van der Waals surface area contributed by atoms with E-state index in [1.165, 1.54) is 6.07 Å². The first kappa shape index (κ1) is 18.0. The van der Waals surface area contributed by atoms with E-state index in [4.69, 9.17) is 0 Å². The third kappa shape index (κ3) is 4.45. The van der Waals surface area contributed by atoms with Gasteiger partial charge in [-0.05, 0) is 30.5 Å². The van der Waals surface area contributed by atoms with Crippen LogP contribution in [0.15, 0.2) is 48.5 Å². The molecule has 1 N–H and O–H groups in total. The molecule has 136 valence electrons. The predicted molar refractivity (Wildman–Crippen MR) is 94.4 cm³/mol. The standard InChI is InChI=1S/C20H20F2N2O2/c21-16-8-9-18(17(22)12-16)23-20(26)15-7-4-10-24(13-15)19(25)11-14-5-2-1-3-6-14/h1-3,5-6,8-9,12,15H,4,7,10-11,13H2,(H,23,26). The summed E-state index contributed by atoms with van der Waals surface area (Å²) in [5.41, 5.74) is 0.876. The smallest absolute Gasteiger partial charge is 0.229 e. The fraction of sp³-hybridized carbons (Fsp3) is 0.300. The van der Waals surface area contributed by atoms with Gasteiger partial charge in [0.05, 0.1) is 18.0 Å². The zero-order valence-electron chi connectivity index (χ0n) is 14.3. The second-order valence-electron chi connectivity index (χ2n) is 6.45. The number of anilines is 1. The molecule has 0 bridgehead atoms.